The fourth-order valence-electron chi connectivity index (χ4n) is 2.79. The molecule has 1 aliphatic heterocycles. The normalized spacial score (nSPS) is 15.0. The van der Waals surface area contributed by atoms with Crippen molar-refractivity contribution < 1.29 is 4.79 Å². The quantitative estimate of drug-likeness (QED) is 0.943. The summed E-state index contributed by atoms with van der Waals surface area (Å²) in [5.74, 6) is 0.920. The van der Waals surface area contributed by atoms with Gasteiger partial charge in [0.2, 0.25) is 0 Å². The van der Waals surface area contributed by atoms with Gasteiger partial charge in [-0.05, 0) is 36.6 Å². The van der Waals surface area contributed by atoms with Crippen LogP contribution in [0.1, 0.15) is 41.6 Å². The minimum absolute atomic E-state index is 0.116. The van der Waals surface area contributed by atoms with Crippen molar-refractivity contribution in [2.45, 2.75) is 32.2 Å². The summed E-state index contributed by atoms with van der Waals surface area (Å²) < 4.78 is 0. The maximum absolute atomic E-state index is 12.0. The summed E-state index contributed by atoms with van der Waals surface area (Å²) in [5.41, 5.74) is 1.57. The first-order valence-electron chi connectivity index (χ1n) is 8.21. The summed E-state index contributed by atoms with van der Waals surface area (Å²) in [5, 5.41) is 2.89. The Balaban J connectivity index is 1.56. The van der Waals surface area contributed by atoms with Crippen molar-refractivity contribution in [2.24, 2.45) is 0 Å². The maximum Gasteiger partial charge on any atom is 0.253 e. The van der Waals surface area contributed by atoms with Gasteiger partial charge in [0.05, 0.1) is 5.56 Å². The fraction of sp³-hybridized carbons (Fsp3) is 0.389. The number of nitrogens with zero attached hydrogens (tertiary/aromatic N) is 3. The van der Waals surface area contributed by atoms with Crippen molar-refractivity contribution in [1.82, 2.24) is 15.3 Å². The van der Waals surface area contributed by atoms with Crippen LogP contribution in [0.25, 0.3) is 0 Å². The minimum Gasteiger partial charge on any atom is -0.357 e. The van der Waals surface area contributed by atoms with Gasteiger partial charge in [-0.25, -0.2) is 4.98 Å². The first-order chi connectivity index (χ1) is 11.3. The third kappa shape index (κ3) is 4.28. The molecule has 2 aromatic heterocycles. The maximum atomic E-state index is 12.0. The third-order valence-electron chi connectivity index (χ3n) is 4.12. The molecule has 0 saturated carbocycles. The molecule has 3 heterocycles. The molecule has 0 spiro atoms. The largest absolute Gasteiger partial charge is 0.357 e. The lowest BCUT2D eigenvalue weighted by Crippen LogP contribution is -2.25. The van der Waals surface area contributed by atoms with Crippen LogP contribution in [0.5, 0.6) is 0 Å². The third-order valence-corrected chi connectivity index (χ3v) is 4.12. The first kappa shape index (κ1) is 15.5. The molecule has 1 fully saturated rings. The molecule has 0 aliphatic carbocycles. The number of hydrogen-bond donors (Lipinski definition) is 1. The molecule has 120 valence electrons. The number of rotatable bonds is 4. The Morgan fingerprint density at radius 1 is 1.09 bits per heavy atom. The highest BCUT2D eigenvalue weighted by atomic mass is 16.1. The molecule has 1 amide bonds. The SMILES string of the molecule is O=C(NCc1ccc(N2CCCCCC2)nc1)c1cccnc1. The van der Waals surface area contributed by atoms with Crippen molar-refractivity contribution in [1.29, 1.82) is 0 Å². The highest BCUT2D eigenvalue weighted by molar-refractivity contribution is 5.93. The average Bonchev–Trinajstić information content (AvgIpc) is 2.90. The van der Waals surface area contributed by atoms with E-state index in [1.807, 2.05) is 12.3 Å². The summed E-state index contributed by atoms with van der Waals surface area (Å²) >= 11 is 0. The number of pyridine rings is 2. The van der Waals surface area contributed by atoms with E-state index in [1.165, 1.54) is 25.7 Å². The molecule has 0 radical (unpaired) electrons. The molecule has 23 heavy (non-hydrogen) atoms. The molecular formula is C18H22N4O. The molecule has 0 bridgehead atoms. The van der Waals surface area contributed by atoms with Crippen LogP contribution in [0.4, 0.5) is 5.82 Å². The van der Waals surface area contributed by atoms with Crippen LogP contribution >= 0.6 is 0 Å². The van der Waals surface area contributed by atoms with Gasteiger partial charge in [0.25, 0.3) is 5.91 Å². The second-order valence-electron chi connectivity index (χ2n) is 5.85. The van der Waals surface area contributed by atoms with E-state index in [4.69, 9.17) is 0 Å². The summed E-state index contributed by atoms with van der Waals surface area (Å²) in [6.07, 6.45) is 10.2. The Kier molecular flexibility index (Phi) is 5.19. The van der Waals surface area contributed by atoms with Crippen molar-refractivity contribution in [2.75, 3.05) is 18.0 Å². The standard InChI is InChI=1S/C18H22N4O/c23-18(16-6-5-9-19-14-16)21-13-15-7-8-17(20-12-15)22-10-3-1-2-4-11-22/h5-9,12,14H,1-4,10-11,13H2,(H,21,23). The zero-order chi connectivity index (χ0) is 15.9. The van der Waals surface area contributed by atoms with E-state index in [1.54, 1.807) is 24.5 Å². The van der Waals surface area contributed by atoms with Gasteiger partial charge in [-0.1, -0.05) is 18.9 Å². The number of nitrogens with one attached hydrogen (secondary N) is 1. The molecule has 3 rings (SSSR count). The van der Waals surface area contributed by atoms with Crippen LogP contribution in [-0.4, -0.2) is 29.0 Å². The number of carbonyl (C=O) groups is 1. The lowest BCUT2D eigenvalue weighted by molar-refractivity contribution is 0.0950. The average molecular weight is 310 g/mol. The van der Waals surface area contributed by atoms with Gasteiger partial charge in [0, 0.05) is 38.2 Å². The second kappa shape index (κ2) is 7.72. The van der Waals surface area contributed by atoms with Gasteiger partial charge < -0.3 is 10.2 Å². The number of anilines is 1. The van der Waals surface area contributed by atoms with E-state index in [9.17, 15) is 4.79 Å². The molecule has 0 aromatic carbocycles. The van der Waals surface area contributed by atoms with Gasteiger partial charge in [-0.15, -0.1) is 0 Å². The number of aromatic nitrogens is 2. The molecule has 1 N–H and O–H groups in total. The van der Waals surface area contributed by atoms with Crippen molar-refractivity contribution in [3.63, 3.8) is 0 Å². The molecule has 0 unspecified atom stereocenters. The van der Waals surface area contributed by atoms with Crippen molar-refractivity contribution in [3.05, 3.63) is 54.0 Å². The van der Waals surface area contributed by atoms with E-state index in [-0.39, 0.29) is 5.91 Å². The van der Waals surface area contributed by atoms with Crippen LogP contribution in [0.3, 0.4) is 0 Å². The van der Waals surface area contributed by atoms with Crippen molar-refractivity contribution in [3.8, 4) is 0 Å². The molecule has 1 saturated heterocycles. The van der Waals surface area contributed by atoms with E-state index in [0.717, 1.165) is 24.5 Å². The molecule has 1 aliphatic rings. The Morgan fingerprint density at radius 2 is 1.91 bits per heavy atom. The smallest absolute Gasteiger partial charge is 0.253 e. The fourth-order valence-corrected chi connectivity index (χ4v) is 2.79. The van der Waals surface area contributed by atoms with Gasteiger partial charge in [-0.2, -0.15) is 0 Å². The van der Waals surface area contributed by atoms with Crippen LogP contribution in [-0.2, 0) is 6.54 Å². The van der Waals surface area contributed by atoms with Gasteiger partial charge in [-0.3, -0.25) is 9.78 Å². The second-order valence-corrected chi connectivity index (χ2v) is 5.85. The lowest BCUT2D eigenvalue weighted by Gasteiger charge is -2.21. The summed E-state index contributed by atoms with van der Waals surface area (Å²) in [7, 11) is 0. The minimum atomic E-state index is -0.116. The van der Waals surface area contributed by atoms with E-state index in [0.29, 0.717) is 12.1 Å². The zero-order valence-electron chi connectivity index (χ0n) is 13.2. The number of amides is 1. The van der Waals surface area contributed by atoms with Gasteiger partial charge in [0.1, 0.15) is 5.82 Å². The monoisotopic (exact) mass is 310 g/mol. The van der Waals surface area contributed by atoms with Crippen LogP contribution < -0.4 is 10.2 Å². The molecule has 2 aromatic rings. The zero-order valence-corrected chi connectivity index (χ0v) is 13.2. The molecule has 5 heteroatoms. The van der Waals surface area contributed by atoms with Gasteiger partial charge in [0.15, 0.2) is 0 Å². The van der Waals surface area contributed by atoms with Crippen LogP contribution in [0.2, 0.25) is 0 Å². The molecular weight excluding hydrogens is 288 g/mol. The van der Waals surface area contributed by atoms with Crippen LogP contribution in [0, 0.1) is 0 Å². The highest BCUT2D eigenvalue weighted by Crippen LogP contribution is 2.17. The van der Waals surface area contributed by atoms with Gasteiger partial charge >= 0.3 is 0 Å². The Bertz CT molecular complexity index is 619. The van der Waals surface area contributed by atoms with E-state index >= 15 is 0 Å². The Morgan fingerprint density at radius 3 is 2.57 bits per heavy atom. The van der Waals surface area contributed by atoms with Crippen LogP contribution in [0.15, 0.2) is 42.9 Å². The number of hydrogen-bond acceptors (Lipinski definition) is 4. The van der Waals surface area contributed by atoms with E-state index in [2.05, 4.69) is 26.3 Å². The Hall–Kier alpha value is -2.43. The lowest BCUT2D eigenvalue weighted by atomic mass is 10.2. The summed E-state index contributed by atoms with van der Waals surface area (Å²) in [6, 6.07) is 7.60. The Labute approximate surface area is 136 Å². The summed E-state index contributed by atoms with van der Waals surface area (Å²) in [4.78, 5) is 22.9. The molecule has 0 atom stereocenters. The predicted molar refractivity (Wildman–Crippen MR) is 90.3 cm³/mol. The topological polar surface area (TPSA) is 58.1 Å². The number of carbonyl (C=O) groups excluding carboxylic acids is 1. The first-order valence-corrected chi connectivity index (χ1v) is 8.21. The summed E-state index contributed by atoms with van der Waals surface area (Å²) in [6.45, 7) is 2.65. The van der Waals surface area contributed by atoms with E-state index < -0.39 is 0 Å². The molecule has 5 nitrogen and oxygen atoms in total. The van der Waals surface area contributed by atoms with Crippen molar-refractivity contribution >= 4 is 11.7 Å². The highest BCUT2D eigenvalue weighted by Gasteiger charge is 2.11. The predicted octanol–water partition coefficient (Wildman–Crippen LogP) is 2.79.